The number of amides is 1. The number of anilines is 1. The zero-order valence-corrected chi connectivity index (χ0v) is 14.9. The molecule has 0 radical (unpaired) electrons. The van der Waals surface area contributed by atoms with Crippen molar-refractivity contribution < 1.29 is 23.8 Å². The lowest BCUT2D eigenvalue weighted by molar-refractivity contribution is -0.117. The second-order valence-corrected chi connectivity index (χ2v) is 6.07. The lowest BCUT2D eigenvalue weighted by Crippen LogP contribution is -2.31. The number of aromatic nitrogens is 1. The topological polar surface area (TPSA) is 92.9 Å². The highest BCUT2D eigenvalue weighted by molar-refractivity contribution is 6.20. The van der Waals surface area contributed by atoms with E-state index in [1.54, 1.807) is 54.7 Å². The molecule has 1 N–H and O–H groups in total. The second-order valence-electron chi connectivity index (χ2n) is 6.07. The Bertz CT molecular complexity index is 1060. The van der Waals surface area contributed by atoms with Crippen molar-refractivity contribution in [3.63, 3.8) is 0 Å². The van der Waals surface area contributed by atoms with Crippen molar-refractivity contribution in [2.75, 3.05) is 12.0 Å². The molecule has 1 atom stereocenters. The molecule has 1 aromatic carbocycles. The van der Waals surface area contributed by atoms with Gasteiger partial charge in [0.15, 0.2) is 11.5 Å². The van der Waals surface area contributed by atoms with Gasteiger partial charge in [0.05, 0.1) is 30.3 Å². The van der Waals surface area contributed by atoms with E-state index in [1.807, 2.05) is 0 Å². The van der Waals surface area contributed by atoms with Crippen molar-refractivity contribution in [2.45, 2.75) is 6.04 Å². The fraction of sp³-hybridized carbons (Fsp3) is 0.0952. The van der Waals surface area contributed by atoms with E-state index < -0.39 is 23.5 Å². The fourth-order valence-electron chi connectivity index (χ4n) is 3.27. The van der Waals surface area contributed by atoms with Crippen LogP contribution in [0.4, 0.5) is 5.69 Å². The minimum atomic E-state index is -0.928. The van der Waals surface area contributed by atoms with Crippen LogP contribution in [0, 0.1) is 0 Å². The molecule has 140 valence electrons. The Labute approximate surface area is 160 Å². The quantitative estimate of drug-likeness (QED) is 0.686. The van der Waals surface area contributed by atoms with Crippen LogP contribution in [0.1, 0.15) is 22.3 Å². The van der Waals surface area contributed by atoms with Crippen molar-refractivity contribution in [1.82, 2.24) is 4.98 Å². The summed E-state index contributed by atoms with van der Waals surface area (Å²) < 4.78 is 10.6. The van der Waals surface area contributed by atoms with E-state index in [2.05, 4.69) is 4.98 Å². The van der Waals surface area contributed by atoms with Crippen LogP contribution < -0.4 is 9.64 Å². The van der Waals surface area contributed by atoms with E-state index in [0.717, 1.165) is 0 Å². The van der Waals surface area contributed by atoms with Crippen LogP contribution in [0.15, 0.2) is 82.8 Å². The minimum absolute atomic E-state index is 0.0251. The number of hydrogen-bond acceptors (Lipinski definition) is 6. The maximum absolute atomic E-state index is 13.0. The fourth-order valence-corrected chi connectivity index (χ4v) is 3.27. The molecule has 2 aromatic heterocycles. The Hall–Kier alpha value is -3.87. The Morgan fingerprint density at radius 3 is 2.61 bits per heavy atom. The van der Waals surface area contributed by atoms with Crippen LogP contribution in [-0.2, 0) is 4.79 Å². The first-order valence-corrected chi connectivity index (χ1v) is 8.52. The summed E-state index contributed by atoms with van der Waals surface area (Å²) >= 11 is 0. The number of nitrogens with zero attached hydrogens (tertiary/aromatic N) is 2. The number of ether oxygens (including phenoxy) is 1. The third-order valence-corrected chi connectivity index (χ3v) is 4.51. The molecule has 3 heterocycles. The van der Waals surface area contributed by atoms with Gasteiger partial charge in [0.2, 0.25) is 5.78 Å². The first-order valence-electron chi connectivity index (χ1n) is 8.52. The van der Waals surface area contributed by atoms with Gasteiger partial charge in [0.25, 0.3) is 5.91 Å². The second kappa shape index (κ2) is 7.03. The number of carbonyl (C=O) groups excluding carboxylic acids is 2. The number of rotatable bonds is 5. The molecule has 0 aliphatic carbocycles. The molecule has 1 aliphatic rings. The third-order valence-electron chi connectivity index (χ3n) is 4.51. The zero-order chi connectivity index (χ0) is 19.7. The summed E-state index contributed by atoms with van der Waals surface area (Å²) in [4.78, 5) is 31.6. The molecule has 0 fully saturated rings. The van der Waals surface area contributed by atoms with E-state index in [9.17, 15) is 14.7 Å². The highest BCUT2D eigenvalue weighted by atomic mass is 16.5. The molecular formula is C21H16N2O5. The largest absolute Gasteiger partial charge is 0.503 e. The van der Waals surface area contributed by atoms with E-state index in [1.165, 1.54) is 24.3 Å². The van der Waals surface area contributed by atoms with Crippen molar-refractivity contribution in [3.8, 4) is 5.75 Å². The van der Waals surface area contributed by atoms with Gasteiger partial charge in [-0.25, -0.2) is 0 Å². The highest BCUT2D eigenvalue weighted by Gasteiger charge is 2.46. The molecule has 1 aliphatic heterocycles. The summed E-state index contributed by atoms with van der Waals surface area (Å²) in [7, 11) is 1.48. The average molecular weight is 376 g/mol. The molecule has 7 heteroatoms. The number of Topliss-reactive ketones (excluding diaryl/α,β-unsaturated/α-hetero) is 1. The maximum Gasteiger partial charge on any atom is 0.294 e. The number of hydrogen-bond donors (Lipinski definition) is 1. The summed E-state index contributed by atoms with van der Waals surface area (Å²) in [5.41, 5.74) is 0.754. The van der Waals surface area contributed by atoms with Gasteiger partial charge < -0.3 is 14.3 Å². The van der Waals surface area contributed by atoms with E-state index in [0.29, 0.717) is 17.1 Å². The number of benzene rings is 1. The normalized spacial score (nSPS) is 16.5. The summed E-state index contributed by atoms with van der Waals surface area (Å²) in [5, 5.41) is 10.6. The van der Waals surface area contributed by atoms with Crippen LogP contribution in [0.2, 0.25) is 0 Å². The number of pyridine rings is 1. The molecule has 0 spiro atoms. The van der Waals surface area contributed by atoms with Crippen LogP contribution >= 0.6 is 0 Å². The number of para-hydroxylation sites is 2. The Kier molecular flexibility index (Phi) is 4.41. The molecule has 3 aromatic rings. The van der Waals surface area contributed by atoms with Crippen molar-refractivity contribution in [2.24, 2.45) is 0 Å². The predicted octanol–water partition coefficient (Wildman–Crippen LogP) is 3.47. The Morgan fingerprint density at radius 1 is 1.14 bits per heavy atom. The van der Waals surface area contributed by atoms with Gasteiger partial charge in [-0.1, -0.05) is 18.2 Å². The Morgan fingerprint density at radius 2 is 1.93 bits per heavy atom. The third kappa shape index (κ3) is 2.73. The monoisotopic (exact) mass is 376 g/mol. The van der Waals surface area contributed by atoms with Gasteiger partial charge >= 0.3 is 0 Å². The summed E-state index contributed by atoms with van der Waals surface area (Å²) in [6.07, 6.45) is 2.92. The summed E-state index contributed by atoms with van der Waals surface area (Å²) in [5.74, 6) is -1.48. The van der Waals surface area contributed by atoms with E-state index in [4.69, 9.17) is 9.15 Å². The highest BCUT2D eigenvalue weighted by Crippen LogP contribution is 2.44. The molecule has 1 unspecified atom stereocenters. The van der Waals surface area contributed by atoms with Gasteiger partial charge in [-0.05, 0) is 36.4 Å². The number of carbonyl (C=O) groups is 2. The standard InChI is InChI=1S/C21H16N2O5/c1-27-15-9-3-2-8-14(15)23-18(13-7-4-5-11-22-13)17(20(25)21(23)26)19(24)16-10-6-12-28-16/h2-12,18,25H,1H3. The van der Waals surface area contributed by atoms with Crippen LogP contribution in [0.25, 0.3) is 0 Å². The summed E-state index contributed by atoms with van der Waals surface area (Å²) in [6.45, 7) is 0. The molecule has 28 heavy (non-hydrogen) atoms. The van der Waals surface area contributed by atoms with Crippen LogP contribution in [0.3, 0.4) is 0 Å². The molecule has 7 nitrogen and oxygen atoms in total. The lowest BCUT2D eigenvalue weighted by atomic mass is 9.98. The van der Waals surface area contributed by atoms with Crippen molar-refractivity contribution in [3.05, 3.63) is 89.8 Å². The smallest absolute Gasteiger partial charge is 0.294 e. The van der Waals surface area contributed by atoms with Crippen LogP contribution in [-0.4, -0.2) is 28.9 Å². The SMILES string of the molecule is COc1ccccc1N1C(=O)C(O)=C(C(=O)c2ccco2)C1c1ccccn1. The molecule has 0 saturated carbocycles. The zero-order valence-electron chi connectivity index (χ0n) is 14.9. The van der Waals surface area contributed by atoms with Gasteiger partial charge in [-0.2, -0.15) is 0 Å². The Balaban J connectivity index is 1.91. The average Bonchev–Trinajstić information content (AvgIpc) is 3.36. The molecular weight excluding hydrogens is 360 g/mol. The van der Waals surface area contributed by atoms with Gasteiger partial charge in [-0.15, -0.1) is 0 Å². The predicted molar refractivity (Wildman–Crippen MR) is 100 cm³/mol. The van der Waals surface area contributed by atoms with Gasteiger partial charge in [0, 0.05) is 6.20 Å². The molecule has 0 saturated heterocycles. The molecule has 1 amide bonds. The van der Waals surface area contributed by atoms with Crippen LogP contribution in [0.5, 0.6) is 5.75 Å². The van der Waals surface area contributed by atoms with Gasteiger partial charge in [-0.3, -0.25) is 19.5 Å². The summed E-state index contributed by atoms with van der Waals surface area (Å²) in [6, 6.07) is 14.2. The first-order chi connectivity index (χ1) is 13.6. The number of aliphatic hydroxyl groups is 1. The van der Waals surface area contributed by atoms with E-state index in [-0.39, 0.29) is 11.3 Å². The molecule has 0 bridgehead atoms. The van der Waals surface area contributed by atoms with Crippen molar-refractivity contribution >= 4 is 17.4 Å². The van der Waals surface area contributed by atoms with Crippen molar-refractivity contribution in [1.29, 1.82) is 0 Å². The molecule has 4 rings (SSSR count). The number of aliphatic hydroxyl groups excluding tert-OH is 1. The lowest BCUT2D eigenvalue weighted by Gasteiger charge is -2.27. The first kappa shape index (κ1) is 17.5. The number of furan rings is 1. The number of methoxy groups -OCH3 is 1. The maximum atomic E-state index is 13.0. The van der Waals surface area contributed by atoms with E-state index >= 15 is 0 Å². The minimum Gasteiger partial charge on any atom is -0.503 e. The number of ketones is 1. The van der Waals surface area contributed by atoms with Gasteiger partial charge in [0.1, 0.15) is 11.8 Å².